The SMILES string of the molecule is C[C@@H]1CC(C)(C)c2cccc(-n3cc(C(N)=O)c(C(F)F)n3)c21. The Balaban J connectivity index is 2.20. The molecule has 23 heavy (non-hydrogen) atoms. The van der Waals surface area contributed by atoms with E-state index in [1.54, 1.807) is 0 Å². The van der Waals surface area contributed by atoms with Crippen LogP contribution in [0, 0.1) is 0 Å². The number of alkyl halides is 2. The molecule has 0 saturated carbocycles. The van der Waals surface area contributed by atoms with Crippen molar-refractivity contribution < 1.29 is 13.6 Å². The Bertz CT molecular complexity index is 780. The van der Waals surface area contributed by atoms with Gasteiger partial charge in [-0.05, 0) is 34.9 Å². The molecule has 0 unspecified atom stereocenters. The second-order valence-electron chi connectivity index (χ2n) is 6.76. The molecule has 0 spiro atoms. The van der Waals surface area contributed by atoms with Gasteiger partial charge in [0.05, 0.1) is 11.3 Å². The third kappa shape index (κ3) is 2.42. The number of amides is 1. The number of carbonyl (C=O) groups is 1. The molecule has 1 aromatic heterocycles. The number of aromatic nitrogens is 2. The van der Waals surface area contributed by atoms with E-state index >= 15 is 0 Å². The molecule has 0 fully saturated rings. The number of hydrogen-bond acceptors (Lipinski definition) is 2. The van der Waals surface area contributed by atoms with Crippen molar-refractivity contribution in [3.8, 4) is 5.69 Å². The minimum atomic E-state index is -2.84. The molecule has 1 aliphatic carbocycles. The van der Waals surface area contributed by atoms with E-state index in [1.165, 1.54) is 16.4 Å². The lowest BCUT2D eigenvalue weighted by Crippen LogP contribution is -2.12. The lowest BCUT2D eigenvalue weighted by molar-refractivity contribution is 0.0985. The summed E-state index contributed by atoms with van der Waals surface area (Å²) in [7, 11) is 0. The van der Waals surface area contributed by atoms with E-state index < -0.39 is 18.0 Å². The summed E-state index contributed by atoms with van der Waals surface area (Å²) in [6.45, 7) is 6.45. The molecule has 3 rings (SSSR count). The lowest BCUT2D eigenvalue weighted by atomic mass is 9.86. The number of rotatable bonds is 3. The summed E-state index contributed by atoms with van der Waals surface area (Å²) in [6.07, 6.45) is -0.563. The van der Waals surface area contributed by atoms with Gasteiger partial charge in [-0.25, -0.2) is 13.5 Å². The van der Waals surface area contributed by atoms with Gasteiger partial charge in [0.2, 0.25) is 0 Å². The molecular formula is C17H19F2N3O. The Kier molecular flexibility index (Phi) is 3.50. The number of halogens is 2. The smallest absolute Gasteiger partial charge is 0.282 e. The van der Waals surface area contributed by atoms with E-state index in [0.29, 0.717) is 0 Å². The van der Waals surface area contributed by atoms with Crippen LogP contribution in [-0.2, 0) is 5.41 Å². The highest BCUT2D eigenvalue weighted by Crippen LogP contribution is 2.47. The third-order valence-corrected chi connectivity index (χ3v) is 4.58. The number of fused-ring (bicyclic) bond motifs is 1. The Labute approximate surface area is 133 Å². The van der Waals surface area contributed by atoms with Crippen molar-refractivity contribution in [3.63, 3.8) is 0 Å². The van der Waals surface area contributed by atoms with E-state index in [9.17, 15) is 13.6 Å². The Morgan fingerprint density at radius 1 is 1.43 bits per heavy atom. The maximum absolute atomic E-state index is 13.1. The van der Waals surface area contributed by atoms with Crippen LogP contribution in [0.3, 0.4) is 0 Å². The van der Waals surface area contributed by atoms with Gasteiger partial charge in [0.1, 0.15) is 5.69 Å². The van der Waals surface area contributed by atoms with Crippen LogP contribution in [0.5, 0.6) is 0 Å². The van der Waals surface area contributed by atoms with E-state index in [1.807, 2.05) is 12.1 Å². The zero-order valence-electron chi connectivity index (χ0n) is 13.3. The predicted octanol–water partition coefficient (Wildman–Crippen LogP) is 3.69. The number of nitrogens with two attached hydrogens (primary N) is 1. The fourth-order valence-corrected chi connectivity index (χ4v) is 3.70. The van der Waals surface area contributed by atoms with Crippen LogP contribution in [0.1, 0.15) is 66.7 Å². The second-order valence-corrected chi connectivity index (χ2v) is 6.76. The molecule has 0 bridgehead atoms. The first kappa shape index (κ1) is 15.6. The fourth-order valence-electron chi connectivity index (χ4n) is 3.70. The molecule has 0 aliphatic heterocycles. The molecule has 0 saturated heterocycles. The molecule has 1 aromatic carbocycles. The molecule has 122 valence electrons. The highest BCUT2D eigenvalue weighted by molar-refractivity contribution is 5.93. The maximum Gasteiger partial charge on any atom is 0.282 e. The van der Waals surface area contributed by atoms with E-state index in [-0.39, 0.29) is 16.9 Å². The summed E-state index contributed by atoms with van der Waals surface area (Å²) < 4.78 is 27.6. The van der Waals surface area contributed by atoms with Crippen molar-refractivity contribution in [1.82, 2.24) is 9.78 Å². The van der Waals surface area contributed by atoms with Crippen LogP contribution >= 0.6 is 0 Å². The molecule has 4 nitrogen and oxygen atoms in total. The first-order valence-electron chi connectivity index (χ1n) is 7.53. The number of primary amides is 1. The summed E-state index contributed by atoms with van der Waals surface area (Å²) >= 11 is 0. The van der Waals surface area contributed by atoms with Crippen molar-refractivity contribution in [2.24, 2.45) is 5.73 Å². The van der Waals surface area contributed by atoms with Gasteiger partial charge in [0, 0.05) is 6.20 Å². The van der Waals surface area contributed by atoms with Gasteiger partial charge >= 0.3 is 0 Å². The van der Waals surface area contributed by atoms with Crippen LogP contribution in [0.4, 0.5) is 8.78 Å². The quantitative estimate of drug-likeness (QED) is 0.938. The number of hydrogen-bond donors (Lipinski definition) is 1. The summed E-state index contributed by atoms with van der Waals surface area (Å²) in [5.74, 6) is -0.611. The van der Waals surface area contributed by atoms with Crippen LogP contribution in [0.15, 0.2) is 24.4 Å². The molecule has 6 heteroatoms. The number of nitrogens with zero attached hydrogens (tertiary/aromatic N) is 2. The first-order chi connectivity index (χ1) is 10.7. The fraction of sp³-hybridized carbons (Fsp3) is 0.412. The Hall–Kier alpha value is -2.24. The van der Waals surface area contributed by atoms with Crippen molar-refractivity contribution in [3.05, 3.63) is 46.8 Å². The van der Waals surface area contributed by atoms with E-state index in [0.717, 1.165) is 17.7 Å². The average molecular weight is 319 g/mol. The molecule has 1 aliphatic rings. The highest BCUT2D eigenvalue weighted by Gasteiger charge is 2.36. The zero-order valence-corrected chi connectivity index (χ0v) is 13.3. The van der Waals surface area contributed by atoms with Crippen LogP contribution in [-0.4, -0.2) is 15.7 Å². The minimum absolute atomic E-state index is 0.0238. The number of benzene rings is 1. The monoisotopic (exact) mass is 319 g/mol. The van der Waals surface area contributed by atoms with Crippen molar-refractivity contribution in [2.75, 3.05) is 0 Å². The van der Waals surface area contributed by atoms with Crippen molar-refractivity contribution in [2.45, 2.75) is 45.0 Å². The summed E-state index contributed by atoms with van der Waals surface area (Å²) in [5, 5.41) is 3.93. The highest BCUT2D eigenvalue weighted by atomic mass is 19.3. The molecular weight excluding hydrogens is 300 g/mol. The Morgan fingerprint density at radius 2 is 2.13 bits per heavy atom. The van der Waals surface area contributed by atoms with Gasteiger partial charge in [-0.2, -0.15) is 5.10 Å². The molecule has 2 aromatic rings. The Morgan fingerprint density at radius 3 is 2.70 bits per heavy atom. The maximum atomic E-state index is 13.1. The molecule has 2 N–H and O–H groups in total. The van der Waals surface area contributed by atoms with Crippen LogP contribution in [0.25, 0.3) is 5.69 Å². The van der Waals surface area contributed by atoms with Gasteiger partial charge in [-0.15, -0.1) is 0 Å². The van der Waals surface area contributed by atoms with Gasteiger partial charge in [-0.3, -0.25) is 4.79 Å². The van der Waals surface area contributed by atoms with Crippen LogP contribution < -0.4 is 5.73 Å². The zero-order chi connectivity index (χ0) is 16.9. The standard InChI is InChI=1S/C17H19F2N3O/c1-9-7-17(2,3)11-5-4-6-12(13(9)11)22-8-10(16(20)23)14(21-22)15(18)19/h4-6,8-9,15H,7H2,1-3H3,(H2,20,23)/t9-/m1/s1. The van der Waals surface area contributed by atoms with Gasteiger partial charge in [0.15, 0.2) is 0 Å². The van der Waals surface area contributed by atoms with E-state index in [2.05, 4.69) is 31.9 Å². The molecule has 1 amide bonds. The van der Waals surface area contributed by atoms with E-state index in [4.69, 9.17) is 5.73 Å². The largest absolute Gasteiger partial charge is 0.365 e. The first-order valence-corrected chi connectivity index (χ1v) is 7.53. The topological polar surface area (TPSA) is 60.9 Å². The van der Waals surface area contributed by atoms with Crippen molar-refractivity contribution >= 4 is 5.91 Å². The lowest BCUT2D eigenvalue weighted by Gasteiger charge is -2.19. The van der Waals surface area contributed by atoms with Crippen LogP contribution in [0.2, 0.25) is 0 Å². The van der Waals surface area contributed by atoms with Crippen molar-refractivity contribution in [1.29, 1.82) is 0 Å². The van der Waals surface area contributed by atoms with Gasteiger partial charge in [0.25, 0.3) is 12.3 Å². The molecule has 0 radical (unpaired) electrons. The third-order valence-electron chi connectivity index (χ3n) is 4.58. The second kappa shape index (κ2) is 5.15. The summed E-state index contributed by atoms with van der Waals surface area (Å²) in [5.41, 5.74) is 7.44. The van der Waals surface area contributed by atoms with Gasteiger partial charge < -0.3 is 5.73 Å². The molecule has 1 heterocycles. The minimum Gasteiger partial charge on any atom is -0.365 e. The van der Waals surface area contributed by atoms with Gasteiger partial charge in [-0.1, -0.05) is 32.9 Å². The predicted molar refractivity (Wildman–Crippen MR) is 83.1 cm³/mol. The normalized spacial score (nSPS) is 19.1. The summed E-state index contributed by atoms with van der Waals surface area (Å²) in [4.78, 5) is 11.4. The molecule has 1 atom stereocenters. The number of carbonyl (C=O) groups excluding carboxylic acids is 1. The average Bonchev–Trinajstić information content (AvgIpc) is 2.99. The summed E-state index contributed by atoms with van der Waals surface area (Å²) in [6, 6.07) is 5.79.